The Bertz CT molecular complexity index is 329. The maximum atomic E-state index is 12.0. The van der Waals surface area contributed by atoms with Gasteiger partial charge in [-0.1, -0.05) is 0 Å². The van der Waals surface area contributed by atoms with Gasteiger partial charge in [-0.05, 0) is 44.1 Å². The first-order valence-electron chi connectivity index (χ1n) is 7.90. The summed E-state index contributed by atoms with van der Waals surface area (Å²) in [4.78, 5) is 12.0. The third-order valence-electron chi connectivity index (χ3n) is 4.38. The van der Waals surface area contributed by atoms with Crippen molar-refractivity contribution in [2.75, 3.05) is 38.4 Å². The van der Waals surface area contributed by atoms with Crippen LogP contribution in [0, 0.1) is 0 Å². The predicted molar refractivity (Wildman–Crippen MR) is 85.7 cm³/mol. The Morgan fingerprint density at radius 3 is 2.95 bits per heavy atom. The van der Waals surface area contributed by atoms with Crippen molar-refractivity contribution in [3.8, 4) is 0 Å². The van der Waals surface area contributed by atoms with Crippen LogP contribution in [0.4, 0.5) is 0 Å². The van der Waals surface area contributed by atoms with Gasteiger partial charge < -0.3 is 20.1 Å². The van der Waals surface area contributed by atoms with Crippen molar-refractivity contribution in [1.82, 2.24) is 10.6 Å². The van der Waals surface area contributed by atoms with Crippen LogP contribution in [0.3, 0.4) is 0 Å². The van der Waals surface area contributed by atoms with E-state index in [1.165, 1.54) is 11.5 Å². The summed E-state index contributed by atoms with van der Waals surface area (Å²) < 4.78 is 11.0. The van der Waals surface area contributed by atoms with Gasteiger partial charge in [-0.25, -0.2) is 0 Å². The van der Waals surface area contributed by atoms with E-state index < -0.39 is 0 Å². The number of carbonyl (C=O) groups is 1. The van der Waals surface area contributed by atoms with Crippen molar-refractivity contribution in [3.05, 3.63) is 0 Å². The lowest BCUT2D eigenvalue weighted by atomic mass is 9.85. The standard InChI is InChI=1S/C15H28N2O3S/c1-12(14(18)16-6-8-19-2)17-13-3-7-20-15(11-13)4-9-21-10-5-15/h12-13,17H,3-11H2,1-2H3,(H,16,18). The summed E-state index contributed by atoms with van der Waals surface area (Å²) in [6.45, 7) is 3.86. The van der Waals surface area contributed by atoms with Crippen LogP contribution in [0.5, 0.6) is 0 Å². The van der Waals surface area contributed by atoms with Crippen LogP contribution in [0.2, 0.25) is 0 Å². The molecule has 0 aromatic rings. The van der Waals surface area contributed by atoms with E-state index >= 15 is 0 Å². The van der Waals surface area contributed by atoms with E-state index in [-0.39, 0.29) is 17.6 Å². The highest BCUT2D eigenvalue weighted by Crippen LogP contribution is 2.37. The lowest BCUT2D eigenvalue weighted by Crippen LogP contribution is -2.53. The van der Waals surface area contributed by atoms with Crippen molar-refractivity contribution >= 4 is 17.7 Å². The van der Waals surface area contributed by atoms with E-state index in [1.807, 2.05) is 18.7 Å². The maximum Gasteiger partial charge on any atom is 0.236 e. The van der Waals surface area contributed by atoms with E-state index in [2.05, 4.69) is 10.6 Å². The van der Waals surface area contributed by atoms with Gasteiger partial charge in [-0.3, -0.25) is 4.79 Å². The van der Waals surface area contributed by atoms with Crippen LogP contribution in [-0.4, -0.2) is 62.0 Å². The first-order valence-corrected chi connectivity index (χ1v) is 9.05. The zero-order valence-corrected chi connectivity index (χ0v) is 14.0. The Kier molecular flexibility index (Phi) is 6.79. The Balaban J connectivity index is 1.77. The minimum atomic E-state index is -0.167. The molecule has 2 aliphatic heterocycles. The molecule has 2 atom stereocenters. The van der Waals surface area contributed by atoms with Crippen molar-refractivity contribution in [2.24, 2.45) is 0 Å². The molecule has 2 saturated heterocycles. The zero-order chi connectivity index (χ0) is 15.1. The smallest absolute Gasteiger partial charge is 0.236 e. The topological polar surface area (TPSA) is 59.6 Å². The van der Waals surface area contributed by atoms with E-state index in [0.717, 1.165) is 32.3 Å². The largest absolute Gasteiger partial charge is 0.383 e. The molecule has 2 N–H and O–H groups in total. The summed E-state index contributed by atoms with van der Waals surface area (Å²) in [6.07, 6.45) is 4.31. The zero-order valence-electron chi connectivity index (χ0n) is 13.2. The third kappa shape index (κ3) is 5.13. The molecule has 122 valence electrons. The molecule has 0 radical (unpaired) electrons. The number of carbonyl (C=O) groups excluding carboxylic acids is 1. The average molecular weight is 316 g/mol. The molecule has 2 heterocycles. The second kappa shape index (κ2) is 8.36. The quantitative estimate of drug-likeness (QED) is 0.721. The van der Waals surface area contributed by atoms with Crippen LogP contribution >= 0.6 is 11.8 Å². The molecule has 1 spiro atoms. The number of ether oxygens (including phenoxy) is 2. The van der Waals surface area contributed by atoms with Gasteiger partial charge >= 0.3 is 0 Å². The highest BCUT2D eigenvalue weighted by molar-refractivity contribution is 7.99. The molecule has 0 aromatic carbocycles. The number of hydrogen-bond donors (Lipinski definition) is 2. The highest BCUT2D eigenvalue weighted by Gasteiger charge is 2.39. The summed E-state index contributed by atoms with van der Waals surface area (Å²) >= 11 is 2.02. The predicted octanol–water partition coefficient (Wildman–Crippen LogP) is 1.17. The van der Waals surface area contributed by atoms with Crippen LogP contribution in [0.1, 0.15) is 32.6 Å². The lowest BCUT2D eigenvalue weighted by Gasteiger charge is -2.44. The molecule has 21 heavy (non-hydrogen) atoms. The Hall–Kier alpha value is -0.300. The Morgan fingerprint density at radius 2 is 2.24 bits per heavy atom. The number of methoxy groups -OCH3 is 1. The van der Waals surface area contributed by atoms with Crippen LogP contribution in [-0.2, 0) is 14.3 Å². The maximum absolute atomic E-state index is 12.0. The van der Waals surface area contributed by atoms with E-state index in [4.69, 9.17) is 9.47 Å². The van der Waals surface area contributed by atoms with Gasteiger partial charge in [0.05, 0.1) is 18.2 Å². The average Bonchev–Trinajstić information content (AvgIpc) is 2.48. The van der Waals surface area contributed by atoms with Gasteiger partial charge in [0, 0.05) is 26.3 Å². The van der Waals surface area contributed by atoms with E-state index in [9.17, 15) is 4.79 Å². The first kappa shape index (κ1) is 17.1. The molecule has 0 bridgehead atoms. The van der Waals surface area contributed by atoms with Crippen LogP contribution in [0.15, 0.2) is 0 Å². The second-order valence-electron chi connectivity index (χ2n) is 6.01. The van der Waals surface area contributed by atoms with Gasteiger partial charge in [0.15, 0.2) is 0 Å². The molecular formula is C15H28N2O3S. The molecule has 0 aromatic heterocycles. The summed E-state index contributed by atoms with van der Waals surface area (Å²) in [6, 6.07) is 0.213. The number of thioether (sulfide) groups is 1. The molecule has 0 saturated carbocycles. The fraction of sp³-hybridized carbons (Fsp3) is 0.933. The summed E-state index contributed by atoms with van der Waals surface area (Å²) in [5.74, 6) is 2.44. The fourth-order valence-electron chi connectivity index (χ4n) is 3.12. The first-order chi connectivity index (χ1) is 10.2. The molecule has 2 rings (SSSR count). The van der Waals surface area contributed by atoms with Gasteiger partial charge in [0.25, 0.3) is 0 Å². The highest BCUT2D eigenvalue weighted by atomic mass is 32.2. The Morgan fingerprint density at radius 1 is 1.48 bits per heavy atom. The van der Waals surface area contributed by atoms with Gasteiger partial charge in [-0.15, -0.1) is 0 Å². The molecule has 2 fully saturated rings. The SMILES string of the molecule is COCCNC(=O)C(C)NC1CCOC2(CCSCC2)C1. The molecule has 5 nitrogen and oxygen atoms in total. The van der Waals surface area contributed by atoms with Crippen molar-refractivity contribution in [1.29, 1.82) is 0 Å². The van der Waals surface area contributed by atoms with Crippen LogP contribution < -0.4 is 10.6 Å². The monoisotopic (exact) mass is 316 g/mol. The fourth-order valence-corrected chi connectivity index (χ4v) is 4.36. The van der Waals surface area contributed by atoms with E-state index in [1.54, 1.807) is 7.11 Å². The molecule has 2 aliphatic rings. The van der Waals surface area contributed by atoms with Gasteiger partial charge in [0.1, 0.15) is 0 Å². The van der Waals surface area contributed by atoms with Crippen molar-refractivity contribution < 1.29 is 14.3 Å². The summed E-state index contributed by atoms with van der Waals surface area (Å²) in [5.41, 5.74) is 0.0629. The van der Waals surface area contributed by atoms with E-state index in [0.29, 0.717) is 19.2 Å². The molecule has 6 heteroatoms. The number of amides is 1. The second-order valence-corrected chi connectivity index (χ2v) is 7.23. The molecular weight excluding hydrogens is 288 g/mol. The normalized spacial score (nSPS) is 26.5. The lowest BCUT2D eigenvalue weighted by molar-refractivity contribution is -0.124. The van der Waals surface area contributed by atoms with Gasteiger partial charge in [-0.2, -0.15) is 11.8 Å². The van der Waals surface area contributed by atoms with Gasteiger partial charge in [0.2, 0.25) is 5.91 Å². The number of rotatable bonds is 6. The molecule has 0 aliphatic carbocycles. The minimum absolute atomic E-state index is 0.0480. The number of nitrogens with one attached hydrogen (secondary N) is 2. The summed E-state index contributed by atoms with van der Waals surface area (Å²) in [7, 11) is 1.64. The van der Waals surface area contributed by atoms with Crippen molar-refractivity contribution in [3.63, 3.8) is 0 Å². The summed E-state index contributed by atoms with van der Waals surface area (Å²) in [5, 5.41) is 6.36. The van der Waals surface area contributed by atoms with Crippen LogP contribution in [0.25, 0.3) is 0 Å². The molecule has 1 amide bonds. The third-order valence-corrected chi connectivity index (χ3v) is 5.37. The van der Waals surface area contributed by atoms with Crippen molar-refractivity contribution in [2.45, 2.75) is 50.3 Å². The number of hydrogen-bond acceptors (Lipinski definition) is 5. The Labute approximate surface area is 131 Å². The molecule has 2 unspecified atom stereocenters. The minimum Gasteiger partial charge on any atom is -0.383 e.